The van der Waals surface area contributed by atoms with Gasteiger partial charge in [0.2, 0.25) is 5.91 Å². The van der Waals surface area contributed by atoms with Crippen molar-refractivity contribution in [3.05, 3.63) is 76.5 Å². The number of imidazole rings is 1. The minimum atomic E-state index is -0.572. The number of nitrogens with zero attached hydrogens (tertiary/aromatic N) is 5. The van der Waals surface area contributed by atoms with E-state index in [1.807, 2.05) is 6.07 Å². The van der Waals surface area contributed by atoms with E-state index < -0.39 is 11.6 Å². The molecular formula is C19H13N7O2. The Bertz CT molecular complexity index is 1330. The van der Waals surface area contributed by atoms with Gasteiger partial charge in [-0.3, -0.25) is 9.36 Å². The second-order valence-electron chi connectivity index (χ2n) is 5.96. The van der Waals surface area contributed by atoms with Gasteiger partial charge in [0.15, 0.2) is 11.5 Å². The van der Waals surface area contributed by atoms with Gasteiger partial charge in [0.25, 0.3) is 0 Å². The van der Waals surface area contributed by atoms with Crippen LogP contribution in [0, 0.1) is 11.3 Å². The van der Waals surface area contributed by atoms with Crippen molar-refractivity contribution in [2.75, 3.05) is 5.73 Å². The van der Waals surface area contributed by atoms with Crippen molar-refractivity contribution in [3.63, 3.8) is 0 Å². The molecule has 0 atom stereocenters. The van der Waals surface area contributed by atoms with Gasteiger partial charge in [0.05, 0.1) is 23.0 Å². The first-order chi connectivity index (χ1) is 13.5. The largest absolute Gasteiger partial charge is 0.382 e. The van der Waals surface area contributed by atoms with Gasteiger partial charge in [-0.25, -0.2) is 19.3 Å². The molecule has 4 N–H and O–H groups in total. The van der Waals surface area contributed by atoms with Crippen molar-refractivity contribution in [1.82, 2.24) is 19.1 Å². The molecule has 0 radical (unpaired) electrons. The Kier molecular flexibility index (Phi) is 3.86. The van der Waals surface area contributed by atoms with Gasteiger partial charge in [-0.2, -0.15) is 5.26 Å². The summed E-state index contributed by atoms with van der Waals surface area (Å²) >= 11 is 0. The molecule has 0 bridgehead atoms. The lowest BCUT2D eigenvalue weighted by molar-refractivity contribution is 0.100. The number of amides is 1. The molecule has 0 saturated carbocycles. The lowest BCUT2D eigenvalue weighted by atomic mass is 10.2. The summed E-state index contributed by atoms with van der Waals surface area (Å²) in [5, 5.41) is 9.16. The van der Waals surface area contributed by atoms with Gasteiger partial charge in [0, 0.05) is 5.56 Å². The fraction of sp³-hybridized carbons (Fsp3) is 0. The Balaban J connectivity index is 2.05. The van der Waals surface area contributed by atoms with E-state index in [-0.39, 0.29) is 5.82 Å². The number of nitrogen functional groups attached to an aromatic ring is 1. The molecule has 136 valence electrons. The molecule has 1 amide bonds. The van der Waals surface area contributed by atoms with Crippen molar-refractivity contribution in [3.8, 4) is 17.4 Å². The van der Waals surface area contributed by atoms with Crippen LogP contribution in [-0.4, -0.2) is 25.0 Å². The summed E-state index contributed by atoms with van der Waals surface area (Å²) in [6.45, 7) is 0. The number of hydrogen-bond acceptors (Lipinski definition) is 6. The molecular weight excluding hydrogens is 358 g/mol. The van der Waals surface area contributed by atoms with E-state index in [1.54, 1.807) is 36.4 Å². The van der Waals surface area contributed by atoms with Gasteiger partial charge in [0.1, 0.15) is 11.8 Å². The van der Waals surface area contributed by atoms with E-state index in [2.05, 4.69) is 9.97 Å². The molecule has 9 heteroatoms. The molecule has 0 saturated heterocycles. The van der Waals surface area contributed by atoms with Crippen LogP contribution in [0.2, 0.25) is 0 Å². The minimum Gasteiger partial charge on any atom is -0.382 e. The molecule has 2 heterocycles. The highest BCUT2D eigenvalue weighted by molar-refractivity contribution is 5.93. The molecule has 0 spiro atoms. The molecule has 9 nitrogen and oxygen atoms in total. The highest BCUT2D eigenvalue weighted by atomic mass is 16.2. The number of benzene rings is 2. The third kappa shape index (κ3) is 2.57. The number of primary amides is 1. The Morgan fingerprint density at radius 1 is 1.04 bits per heavy atom. The van der Waals surface area contributed by atoms with E-state index in [1.165, 1.54) is 27.6 Å². The van der Waals surface area contributed by atoms with Crippen LogP contribution in [0.15, 0.2) is 59.7 Å². The van der Waals surface area contributed by atoms with Crippen LogP contribution in [0.1, 0.15) is 15.9 Å². The standard InChI is InChI=1S/C19H13N7O2/c20-9-11-2-1-3-14(8-11)26-18-15(16(21)23-10-24-18)25(19(26)28)13-6-4-12(5-7-13)17(22)27/h1-8,10H,(H2,22,27)(H2,21,23,24). The predicted molar refractivity (Wildman–Crippen MR) is 102 cm³/mol. The summed E-state index contributed by atoms with van der Waals surface area (Å²) in [6, 6.07) is 14.8. The Hall–Kier alpha value is -4.45. The minimum absolute atomic E-state index is 0.122. The summed E-state index contributed by atoms with van der Waals surface area (Å²) in [7, 11) is 0. The number of aromatic nitrogens is 4. The number of nitrogens with two attached hydrogens (primary N) is 2. The molecule has 0 fully saturated rings. The first kappa shape index (κ1) is 17.0. The maximum Gasteiger partial charge on any atom is 0.339 e. The van der Waals surface area contributed by atoms with Gasteiger partial charge < -0.3 is 11.5 Å². The predicted octanol–water partition coefficient (Wildman–Crippen LogP) is 1.12. The molecule has 4 rings (SSSR count). The monoisotopic (exact) mass is 371 g/mol. The van der Waals surface area contributed by atoms with Crippen molar-refractivity contribution >= 4 is 22.9 Å². The first-order valence-electron chi connectivity index (χ1n) is 8.16. The van der Waals surface area contributed by atoms with E-state index in [0.717, 1.165) is 0 Å². The lowest BCUT2D eigenvalue weighted by Gasteiger charge is -2.05. The molecule has 0 aliphatic heterocycles. The quantitative estimate of drug-likeness (QED) is 0.552. The van der Waals surface area contributed by atoms with Crippen LogP contribution in [0.4, 0.5) is 5.82 Å². The first-order valence-corrected chi connectivity index (χ1v) is 8.16. The normalized spacial score (nSPS) is 10.7. The lowest BCUT2D eigenvalue weighted by Crippen LogP contribution is -2.22. The van der Waals surface area contributed by atoms with Crippen LogP contribution in [0.25, 0.3) is 22.5 Å². The number of rotatable bonds is 3. The molecule has 28 heavy (non-hydrogen) atoms. The molecule has 2 aromatic heterocycles. The second-order valence-corrected chi connectivity index (χ2v) is 5.96. The number of hydrogen-bond donors (Lipinski definition) is 2. The van der Waals surface area contributed by atoms with Crippen LogP contribution in [0.5, 0.6) is 0 Å². The van der Waals surface area contributed by atoms with Crippen molar-refractivity contribution < 1.29 is 4.79 Å². The van der Waals surface area contributed by atoms with E-state index >= 15 is 0 Å². The molecule has 0 unspecified atom stereocenters. The van der Waals surface area contributed by atoms with E-state index in [9.17, 15) is 9.59 Å². The number of carbonyl (C=O) groups is 1. The Morgan fingerprint density at radius 2 is 1.79 bits per heavy atom. The third-order valence-electron chi connectivity index (χ3n) is 4.29. The highest BCUT2D eigenvalue weighted by Crippen LogP contribution is 2.23. The van der Waals surface area contributed by atoms with Gasteiger partial charge >= 0.3 is 5.69 Å². The fourth-order valence-corrected chi connectivity index (χ4v) is 3.01. The smallest absolute Gasteiger partial charge is 0.339 e. The maximum absolute atomic E-state index is 13.3. The summed E-state index contributed by atoms with van der Waals surface area (Å²) in [4.78, 5) is 32.8. The van der Waals surface area contributed by atoms with Crippen LogP contribution >= 0.6 is 0 Å². The van der Waals surface area contributed by atoms with E-state index in [4.69, 9.17) is 16.7 Å². The zero-order chi connectivity index (χ0) is 19.8. The van der Waals surface area contributed by atoms with Gasteiger partial charge in [-0.15, -0.1) is 0 Å². The van der Waals surface area contributed by atoms with Crippen molar-refractivity contribution in [2.45, 2.75) is 0 Å². The van der Waals surface area contributed by atoms with Crippen LogP contribution in [0.3, 0.4) is 0 Å². The highest BCUT2D eigenvalue weighted by Gasteiger charge is 2.20. The summed E-state index contributed by atoms with van der Waals surface area (Å²) < 4.78 is 2.71. The zero-order valence-electron chi connectivity index (χ0n) is 14.4. The molecule has 2 aromatic carbocycles. The average Bonchev–Trinajstić information content (AvgIpc) is 3.01. The summed E-state index contributed by atoms with van der Waals surface area (Å²) in [5.41, 5.74) is 13.1. The average molecular weight is 371 g/mol. The van der Waals surface area contributed by atoms with E-state index in [0.29, 0.717) is 33.7 Å². The van der Waals surface area contributed by atoms with Crippen molar-refractivity contribution in [1.29, 1.82) is 5.26 Å². The second kappa shape index (κ2) is 6.37. The third-order valence-corrected chi connectivity index (χ3v) is 4.29. The number of carbonyl (C=O) groups excluding carboxylic acids is 1. The Morgan fingerprint density at radius 3 is 2.46 bits per heavy atom. The fourth-order valence-electron chi connectivity index (χ4n) is 3.01. The topological polar surface area (TPSA) is 146 Å². The molecule has 0 aliphatic rings. The molecule has 0 aliphatic carbocycles. The number of fused-ring (bicyclic) bond motifs is 1. The van der Waals surface area contributed by atoms with Crippen molar-refractivity contribution in [2.24, 2.45) is 5.73 Å². The van der Waals surface area contributed by atoms with Gasteiger partial charge in [-0.1, -0.05) is 6.07 Å². The van der Waals surface area contributed by atoms with Crippen LogP contribution < -0.4 is 17.2 Å². The number of anilines is 1. The SMILES string of the molecule is N#Cc1cccc(-n2c(=O)n(-c3ccc(C(N)=O)cc3)c3c(N)ncnc32)c1. The molecule has 4 aromatic rings. The maximum atomic E-state index is 13.3. The van der Waals surface area contributed by atoms with Crippen LogP contribution in [-0.2, 0) is 0 Å². The number of nitriles is 1. The summed E-state index contributed by atoms with van der Waals surface area (Å²) in [6.07, 6.45) is 1.27. The Labute approximate surface area is 158 Å². The summed E-state index contributed by atoms with van der Waals surface area (Å²) in [5.74, 6) is -0.450. The van der Waals surface area contributed by atoms with Gasteiger partial charge in [-0.05, 0) is 42.5 Å². The zero-order valence-corrected chi connectivity index (χ0v) is 14.4.